The Morgan fingerprint density at radius 3 is 2.45 bits per heavy atom. The van der Waals surface area contributed by atoms with E-state index in [2.05, 4.69) is 24.1 Å². The number of carbonyl (C=O) groups excluding carboxylic acids is 2. The Balaban J connectivity index is 1.88. The molecule has 0 atom stereocenters. The van der Waals surface area contributed by atoms with E-state index in [0.717, 1.165) is 16.9 Å². The summed E-state index contributed by atoms with van der Waals surface area (Å²) in [6.45, 7) is 7.06. The van der Waals surface area contributed by atoms with Gasteiger partial charge in [0.15, 0.2) is 5.76 Å². The molecule has 9 nitrogen and oxygen atoms in total. The molecule has 2 aliphatic rings. The molecular formula is C20H29N5O4. The van der Waals surface area contributed by atoms with E-state index in [0.29, 0.717) is 50.2 Å². The average Bonchev–Trinajstić information content (AvgIpc) is 3.00. The maximum atomic E-state index is 13.1. The molecule has 0 unspecified atom stereocenters. The van der Waals surface area contributed by atoms with E-state index in [-0.39, 0.29) is 29.2 Å². The number of esters is 1. The number of carbonyl (C=O) groups is 2. The quantitative estimate of drug-likeness (QED) is 0.340. The van der Waals surface area contributed by atoms with E-state index in [1.54, 1.807) is 4.90 Å². The van der Waals surface area contributed by atoms with Gasteiger partial charge in [0.2, 0.25) is 5.96 Å². The van der Waals surface area contributed by atoms with Gasteiger partial charge in [-0.05, 0) is 31.6 Å². The van der Waals surface area contributed by atoms with Gasteiger partial charge >= 0.3 is 5.97 Å². The van der Waals surface area contributed by atoms with Crippen molar-refractivity contribution in [1.29, 1.82) is 0 Å². The molecule has 2 heterocycles. The number of hydrogen-bond acceptors (Lipinski definition) is 6. The van der Waals surface area contributed by atoms with Gasteiger partial charge < -0.3 is 25.5 Å². The normalized spacial score (nSPS) is 20.3. The second kappa shape index (κ2) is 7.88. The molecule has 29 heavy (non-hydrogen) atoms. The van der Waals surface area contributed by atoms with E-state index < -0.39 is 0 Å². The number of nitrogens with two attached hydrogens (primary N) is 2. The van der Waals surface area contributed by atoms with Gasteiger partial charge in [-0.3, -0.25) is 9.59 Å². The molecule has 1 saturated heterocycles. The molecule has 1 fully saturated rings. The molecule has 9 heteroatoms. The first-order valence-electron chi connectivity index (χ1n) is 9.78. The lowest BCUT2D eigenvalue weighted by Gasteiger charge is -2.30. The second-order valence-electron chi connectivity index (χ2n) is 8.53. The Morgan fingerprint density at radius 2 is 1.86 bits per heavy atom. The minimum Gasteiger partial charge on any atom is -0.469 e. The third-order valence-electron chi connectivity index (χ3n) is 5.59. The molecule has 0 radical (unpaired) electrons. The van der Waals surface area contributed by atoms with Gasteiger partial charge in [0, 0.05) is 30.6 Å². The number of furan rings is 1. The van der Waals surface area contributed by atoms with Crippen LogP contribution in [0.15, 0.2) is 14.6 Å². The Morgan fingerprint density at radius 1 is 1.21 bits per heavy atom. The summed E-state index contributed by atoms with van der Waals surface area (Å²) in [7, 11) is 1.39. The first-order chi connectivity index (χ1) is 13.6. The first kappa shape index (κ1) is 20.9. The SMILES string of the molecule is COC(=O)C1CCN(C(=O)c2oc3c(c2C)/C(=N\N=C(N)N)CC(C)(C)C3)CC1. The van der Waals surface area contributed by atoms with Crippen LogP contribution < -0.4 is 11.5 Å². The van der Waals surface area contributed by atoms with Crippen molar-refractivity contribution in [3.63, 3.8) is 0 Å². The third kappa shape index (κ3) is 4.28. The minimum absolute atomic E-state index is 0.0891. The number of ether oxygens (including phenoxy) is 1. The summed E-state index contributed by atoms with van der Waals surface area (Å²) in [6, 6.07) is 0. The van der Waals surface area contributed by atoms with Gasteiger partial charge in [-0.15, -0.1) is 5.10 Å². The molecule has 4 N–H and O–H groups in total. The number of fused-ring (bicyclic) bond motifs is 1. The molecule has 1 aromatic rings. The summed E-state index contributed by atoms with van der Waals surface area (Å²) < 4.78 is 10.9. The molecule has 3 rings (SSSR count). The van der Waals surface area contributed by atoms with Gasteiger partial charge in [-0.25, -0.2) is 0 Å². The number of piperidine rings is 1. The zero-order valence-electron chi connectivity index (χ0n) is 17.4. The number of methoxy groups -OCH3 is 1. The summed E-state index contributed by atoms with van der Waals surface area (Å²) in [5.41, 5.74) is 13.1. The zero-order chi connectivity index (χ0) is 21.3. The number of nitrogens with zero attached hydrogens (tertiary/aromatic N) is 3. The number of hydrogen-bond donors (Lipinski definition) is 2. The highest BCUT2D eigenvalue weighted by molar-refractivity contribution is 6.07. The molecule has 1 aliphatic heterocycles. The Labute approximate surface area is 170 Å². The fraction of sp³-hybridized carbons (Fsp3) is 0.600. The minimum atomic E-state index is -0.218. The third-order valence-corrected chi connectivity index (χ3v) is 5.59. The molecule has 0 aromatic carbocycles. The first-order valence-corrected chi connectivity index (χ1v) is 9.78. The van der Waals surface area contributed by atoms with Gasteiger partial charge in [-0.1, -0.05) is 13.8 Å². The number of rotatable bonds is 3. The van der Waals surface area contributed by atoms with Gasteiger partial charge in [0.05, 0.1) is 18.7 Å². The second-order valence-corrected chi connectivity index (χ2v) is 8.53. The van der Waals surface area contributed by atoms with Crippen molar-refractivity contribution >= 4 is 23.5 Å². The van der Waals surface area contributed by atoms with Crippen molar-refractivity contribution in [1.82, 2.24) is 4.90 Å². The van der Waals surface area contributed by atoms with Crippen LogP contribution in [0.1, 0.15) is 60.6 Å². The summed E-state index contributed by atoms with van der Waals surface area (Å²) in [4.78, 5) is 26.6. The molecule has 0 spiro atoms. The average molecular weight is 403 g/mol. The predicted octanol–water partition coefficient (Wildman–Crippen LogP) is 1.56. The van der Waals surface area contributed by atoms with Crippen LogP contribution in [0, 0.1) is 18.3 Å². The van der Waals surface area contributed by atoms with Crippen molar-refractivity contribution in [2.75, 3.05) is 20.2 Å². The summed E-state index contributed by atoms with van der Waals surface area (Å²) in [5, 5.41) is 8.03. The smallest absolute Gasteiger partial charge is 0.308 e. The molecule has 1 aliphatic carbocycles. The van der Waals surface area contributed by atoms with Gasteiger partial charge in [-0.2, -0.15) is 5.10 Å². The molecule has 0 bridgehead atoms. The molecular weight excluding hydrogens is 374 g/mol. The van der Waals surface area contributed by atoms with Crippen LogP contribution in [0.4, 0.5) is 0 Å². The highest BCUT2D eigenvalue weighted by Gasteiger charge is 2.37. The summed E-state index contributed by atoms with van der Waals surface area (Å²) in [5.74, 6) is 0.393. The number of guanidine groups is 1. The van der Waals surface area contributed by atoms with E-state index in [1.165, 1.54) is 7.11 Å². The van der Waals surface area contributed by atoms with Crippen molar-refractivity contribution in [3.8, 4) is 0 Å². The van der Waals surface area contributed by atoms with Crippen LogP contribution in [-0.2, 0) is 16.0 Å². The van der Waals surface area contributed by atoms with Crippen LogP contribution in [0.5, 0.6) is 0 Å². The lowest BCUT2D eigenvalue weighted by Crippen LogP contribution is -2.40. The largest absolute Gasteiger partial charge is 0.469 e. The van der Waals surface area contributed by atoms with Gasteiger partial charge in [0.1, 0.15) is 5.76 Å². The lowest BCUT2D eigenvalue weighted by atomic mass is 9.75. The Bertz CT molecular complexity index is 872. The van der Waals surface area contributed by atoms with E-state index in [4.69, 9.17) is 20.6 Å². The molecule has 0 saturated carbocycles. The number of likely N-dealkylation sites (tertiary alicyclic amines) is 1. The van der Waals surface area contributed by atoms with Crippen molar-refractivity contribution in [3.05, 3.63) is 22.6 Å². The Hall–Kier alpha value is -2.84. The van der Waals surface area contributed by atoms with Crippen LogP contribution in [0.3, 0.4) is 0 Å². The van der Waals surface area contributed by atoms with E-state index in [9.17, 15) is 9.59 Å². The van der Waals surface area contributed by atoms with Crippen molar-refractivity contribution in [2.24, 2.45) is 33.0 Å². The van der Waals surface area contributed by atoms with Crippen LogP contribution >= 0.6 is 0 Å². The van der Waals surface area contributed by atoms with Crippen molar-refractivity contribution < 1.29 is 18.7 Å². The van der Waals surface area contributed by atoms with Crippen LogP contribution in [-0.4, -0.2) is 48.6 Å². The molecule has 1 amide bonds. The molecule has 158 valence electrons. The van der Waals surface area contributed by atoms with E-state index in [1.807, 2.05) is 6.92 Å². The molecule has 1 aromatic heterocycles. The zero-order valence-corrected chi connectivity index (χ0v) is 17.4. The summed E-state index contributed by atoms with van der Waals surface area (Å²) in [6.07, 6.45) is 2.54. The Kier molecular flexibility index (Phi) is 5.68. The monoisotopic (exact) mass is 403 g/mol. The maximum Gasteiger partial charge on any atom is 0.308 e. The van der Waals surface area contributed by atoms with Crippen molar-refractivity contribution in [2.45, 2.75) is 46.5 Å². The lowest BCUT2D eigenvalue weighted by molar-refractivity contribution is -0.146. The highest BCUT2D eigenvalue weighted by atomic mass is 16.5. The fourth-order valence-electron chi connectivity index (χ4n) is 4.15. The predicted molar refractivity (Wildman–Crippen MR) is 109 cm³/mol. The standard InChI is InChI=1S/C20H29N5O4/c1-11-15-13(23-24-19(21)22)9-20(2,3)10-14(15)29-16(11)17(26)25-7-5-12(6-8-25)18(27)28-4/h12H,5-10H2,1-4H3,(H4,21,22,24)/b23-13-. The summed E-state index contributed by atoms with van der Waals surface area (Å²) >= 11 is 0. The number of amides is 1. The van der Waals surface area contributed by atoms with E-state index >= 15 is 0 Å². The topological polar surface area (TPSA) is 137 Å². The van der Waals surface area contributed by atoms with Crippen LogP contribution in [0.25, 0.3) is 0 Å². The maximum absolute atomic E-state index is 13.1. The highest BCUT2D eigenvalue weighted by Crippen LogP contribution is 2.39. The van der Waals surface area contributed by atoms with Crippen LogP contribution in [0.2, 0.25) is 0 Å². The van der Waals surface area contributed by atoms with Gasteiger partial charge in [0.25, 0.3) is 5.91 Å². The fourth-order valence-corrected chi connectivity index (χ4v) is 4.15.